The van der Waals surface area contributed by atoms with Crippen molar-refractivity contribution in [3.05, 3.63) is 82.5 Å². The van der Waals surface area contributed by atoms with Crippen LogP contribution in [0.1, 0.15) is 31.3 Å². The van der Waals surface area contributed by atoms with Gasteiger partial charge in [-0.3, -0.25) is 0 Å². The molecule has 5 nitrogen and oxygen atoms in total. The summed E-state index contributed by atoms with van der Waals surface area (Å²) in [5.74, 6) is 0.186. The minimum Gasteiger partial charge on any atom is -0.491 e. The van der Waals surface area contributed by atoms with Crippen molar-refractivity contribution in [3.8, 4) is 11.4 Å². The maximum Gasteiger partial charge on any atom is 0.356 e. The fourth-order valence-electron chi connectivity index (χ4n) is 3.64. The molecule has 0 saturated heterocycles. The molecular formula is C26H23Cl2NO4S. The number of carbonyl (C=O) groups excluding carboxylic acids is 1. The summed E-state index contributed by atoms with van der Waals surface area (Å²) in [6, 6.07) is 19.6. The van der Waals surface area contributed by atoms with Crippen molar-refractivity contribution >= 4 is 50.9 Å². The second-order valence-corrected chi connectivity index (χ2v) is 10.1. The van der Waals surface area contributed by atoms with E-state index in [-0.39, 0.29) is 23.4 Å². The van der Waals surface area contributed by atoms with E-state index in [9.17, 15) is 9.00 Å². The number of esters is 1. The number of hydrogen-bond acceptors (Lipinski definition) is 4. The van der Waals surface area contributed by atoms with E-state index < -0.39 is 16.8 Å². The van der Waals surface area contributed by atoms with Crippen LogP contribution in [0.3, 0.4) is 0 Å². The van der Waals surface area contributed by atoms with Gasteiger partial charge in [0.1, 0.15) is 5.75 Å². The van der Waals surface area contributed by atoms with E-state index in [1.807, 2.05) is 44.2 Å². The summed E-state index contributed by atoms with van der Waals surface area (Å²) in [7, 11) is -1.44. The molecule has 0 aliphatic heterocycles. The molecule has 8 heteroatoms. The molecule has 176 valence electrons. The molecule has 0 radical (unpaired) electrons. The second-order valence-electron chi connectivity index (χ2n) is 7.78. The minimum absolute atomic E-state index is 0.0442. The molecule has 1 aromatic heterocycles. The smallest absolute Gasteiger partial charge is 0.356 e. The Morgan fingerprint density at radius 3 is 2.24 bits per heavy atom. The van der Waals surface area contributed by atoms with E-state index >= 15 is 0 Å². The normalized spacial score (nSPS) is 12.2. The van der Waals surface area contributed by atoms with Gasteiger partial charge < -0.3 is 14.0 Å². The van der Waals surface area contributed by atoms with Gasteiger partial charge in [0.2, 0.25) is 0 Å². The molecule has 0 bridgehead atoms. The Balaban J connectivity index is 1.85. The highest BCUT2D eigenvalue weighted by Crippen LogP contribution is 2.36. The fourth-order valence-corrected chi connectivity index (χ4v) is 5.15. The molecular weight excluding hydrogens is 493 g/mol. The highest BCUT2D eigenvalue weighted by atomic mass is 35.5. The molecule has 0 N–H and O–H groups in total. The van der Waals surface area contributed by atoms with Crippen LogP contribution in [0, 0.1) is 0 Å². The first kappa shape index (κ1) is 24.3. The summed E-state index contributed by atoms with van der Waals surface area (Å²) in [6.45, 7) is 5.86. The first-order valence-corrected chi connectivity index (χ1v) is 12.7. The predicted octanol–water partition coefficient (Wildman–Crippen LogP) is 7.07. The second kappa shape index (κ2) is 10.2. The lowest BCUT2D eigenvalue weighted by Crippen LogP contribution is -2.11. The van der Waals surface area contributed by atoms with Gasteiger partial charge >= 0.3 is 5.97 Å². The van der Waals surface area contributed by atoms with Crippen molar-refractivity contribution in [1.82, 2.24) is 4.57 Å². The molecule has 1 heterocycles. The molecule has 1 unspecified atom stereocenters. The quantitative estimate of drug-likeness (QED) is 0.247. The Morgan fingerprint density at radius 1 is 0.971 bits per heavy atom. The average Bonchev–Trinajstić information content (AvgIpc) is 3.11. The largest absolute Gasteiger partial charge is 0.491 e. The van der Waals surface area contributed by atoms with Gasteiger partial charge in [0.05, 0.1) is 34.0 Å². The van der Waals surface area contributed by atoms with E-state index in [1.165, 1.54) is 0 Å². The summed E-state index contributed by atoms with van der Waals surface area (Å²) in [6.07, 6.45) is 0.0442. The number of halogens is 2. The van der Waals surface area contributed by atoms with Crippen LogP contribution in [0.4, 0.5) is 0 Å². The first-order valence-electron chi connectivity index (χ1n) is 10.8. The summed E-state index contributed by atoms with van der Waals surface area (Å²) in [4.78, 5) is 14.1. The summed E-state index contributed by atoms with van der Waals surface area (Å²) < 4.78 is 25.9. The standard InChI is InChI=1S/C26H23Cl2NO4S/c1-4-32-26(30)25-24(28)22-15-21(34(31)20-11-5-17(27)6-12-20)13-14-23(22)29(25)18-7-9-19(10-8-18)33-16(2)3/h5-16H,4H2,1-3H3. The van der Waals surface area contributed by atoms with Crippen molar-refractivity contribution in [2.45, 2.75) is 36.7 Å². The highest BCUT2D eigenvalue weighted by Gasteiger charge is 2.25. The average molecular weight is 516 g/mol. The van der Waals surface area contributed by atoms with Gasteiger partial charge in [-0.1, -0.05) is 23.2 Å². The third kappa shape index (κ3) is 4.85. The number of rotatable bonds is 7. The molecule has 0 fully saturated rings. The third-order valence-electron chi connectivity index (χ3n) is 5.05. The number of carbonyl (C=O) groups is 1. The zero-order valence-electron chi connectivity index (χ0n) is 18.9. The number of aromatic nitrogens is 1. The Bertz CT molecular complexity index is 1360. The fraction of sp³-hybridized carbons (Fsp3) is 0.192. The van der Waals surface area contributed by atoms with Crippen LogP contribution < -0.4 is 4.74 Å². The maximum atomic E-state index is 13.1. The molecule has 0 saturated carbocycles. The van der Waals surface area contributed by atoms with Crippen molar-refractivity contribution in [1.29, 1.82) is 0 Å². The number of nitrogens with zero attached hydrogens (tertiary/aromatic N) is 1. The first-order chi connectivity index (χ1) is 16.3. The van der Waals surface area contributed by atoms with Crippen LogP contribution in [0.2, 0.25) is 10.0 Å². The summed E-state index contributed by atoms with van der Waals surface area (Å²) in [5.41, 5.74) is 1.63. The number of benzene rings is 3. The van der Waals surface area contributed by atoms with E-state index in [0.717, 1.165) is 11.4 Å². The molecule has 0 spiro atoms. The van der Waals surface area contributed by atoms with Crippen molar-refractivity contribution < 1.29 is 18.5 Å². The lowest BCUT2D eigenvalue weighted by molar-refractivity contribution is 0.0517. The molecule has 0 aliphatic rings. The van der Waals surface area contributed by atoms with Crippen LogP contribution in [0.5, 0.6) is 5.75 Å². The van der Waals surface area contributed by atoms with Gasteiger partial charge in [-0.2, -0.15) is 0 Å². The Morgan fingerprint density at radius 2 is 1.62 bits per heavy atom. The zero-order valence-corrected chi connectivity index (χ0v) is 21.2. The third-order valence-corrected chi connectivity index (χ3v) is 7.07. The van der Waals surface area contributed by atoms with Crippen LogP contribution >= 0.6 is 23.2 Å². The monoisotopic (exact) mass is 515 g/mol. The topological polar surface area (TPSA) is 57.5 Å². The van der Waals surface area contributed by atoms with E-state index in [0.29, 0.717) is 25.7 Å². The molecule has 4 aromatic rings. The molecule has 3 aromatic carbocycles. The minimum atomic E-state index is -1.44. The van der Waals surface area contributed by atoms with Gasteiger partial charge in [0.15, 0.2) is 5.69 Å². The van der Waals surface area contributed by atoms with Gasteiger partial charge in [0.25, 0.3) is 0 Å². The van der Waals surface area contributed by atoms with Gasteiger partial charge in [-0.15, -0.1) is 0 Å². The van der Waals surface area contributed by atoms with Crippen molar-refractivity contribution in [3.63, 3.8) is 0 Å². The molecule has 34 heavy (non-hydrogen) atoms. The SMILES string of the molecule is CCOC(=O)c1c(Cl)c2cc(S(=O)c3ccc(Cl)cc3)ccc2n1-c1ccc(OC(C)C)cc1. The highest BCUT2D eigenvalue weighted by molar-refractivity contribution is 7.85. The van der Waals surface area contributed by atoms with Crippen LogP contribution in [0.15, 0.2) is 76.5 Å². The van der Waals surface area contributed by atoms with E-state index in [1.54, 1.807) is 47.9 Å². The summed E-state index contributed by atoms with van der Waals surface area (Å²) in [5, 5.41) is 1.41. The lowest BCUT2D eigenvalue weighted by atomic mass is 10.2. The van der Waals surface area contributed by atoms with Gasteiger partial charge in [0, 0.05) is 25.9 Å². The Labute approximate surface area is 210 Å². The van der Waals surface area contributed by atoms with E-state index in [4.69, 9.17) is 32.7 Å². The van der Waals surface area contributed by atoms with Crippen LogP contribution in [-0.4, -0.2) is 27.5 Å². The van der Waals surface area contributed by atoms with Crippen molar-refractivity contribution in [2.24, 2.45) is 0 Å². The number of ether oxygens (including phenoxy) is 2. The van der Waals surface area contributed by atoms with Gasteiger partial charge in [-0.05, 0) is 87.5 Å². The Hall–Kier alpha value is -2.80. The summed E-state index contributed by atoms with van der Waals surface area (Å²) >= 11 is 12.7. The zero-order chi connectivity index (χ0) is 24.4. The Kier molecular flexibility index (Phi) is 7.31. The maximum absolute atomic E-state index is 13.1. The molecule has 0 amide bonds. The number of fused-ring (bicyclic) bond motifs is 1. The predicted molar refractivity (Wildman–Crippen MR) is 136 cm³/mol. The molecule has 1 atom stereocenters. The van der Waals surface area contributed by atoms with Gasteiger partial charge in [-0.25, -0.2) is 9.00 Å². The lowest BCUT2D eigenvalue weighted by Gasteiger charge is -2.13. The molecule has 0 aliphatic carbocycles. The molecule has 4 rings (SSSR count). The van der Waals surface area contributed by atoms with Crippen LogP contribution in [0.25, 0.3) is 16.6 Å². The van der Waals surface area contributed by atoms with Crippen LogP contribution in [-0.2, 0) is 15.5 Å². The number of hydrogen-bond donors (Lipinski definition) is 0. The van der Waals surface area contributed by atoms with E-state index in [2.05, 4.69) is 0 Å². The van der Waals surface area contributed by atoms with Crippen molar-refractivity contribution in [2.75, 3.05) is 6.61 Å².